The van der Waals surface area contributed by atoms with E-state index in [4.69, 9.17) is 11.5 Å². The van der Waals surface area contributed by atoms with Crippen LogP contribution in [0, 0.1) is 0 Å². The monoisotopic (exact) mass is 274 g/mol. The number of nitrogen functional groups attached to an aromatic ring is 2. The maximum absolute atomic E-state index is 6.03. The lowest BCUT2D eigenvalue weighted by molar-refractivity contribution is 0.989. The molecule has 4 nitrogen and oxygen atoms in total. The fourth-order valence-corrected chi connectivity index (χ4v) is 4.62. The lowest BCUT2D eigenvalue weighted by Gasteiger charge is -2.12. The van der Waals surface area contributed by atoms with E-state index >= 15 is 0 Å². The Morgan fingerprint density at radius 2 is 1.94 bits per heavy atom. The zero-order valence-corrected chi connectivity index (χ0v) is 11.1. The second kappa shape index (κ2) is 3.43. The van der Waals surface area contributed by atoms with E-state index in [9.17, 15) is 0 Å². The van der Waals surface area contributed by atoms with Gasteiger partial charge in [-0.25, -0.2) is 4.98 Å². The summed E-state index contributed by atoms with van der Waals surface area (Å²) >= 11 is 3.50. The predicted octanol–water partition coefficient (Wildman–Crippen LogP) is 2.68. The van der Waals surface area contributed by atoms with Gasteiger partial charge >= 0.3 is 0 Å². The Bertz CT molecular complexity index is 772. The molecule has 0 fully saturated rings. The summed E-state index contributed by atoms with van der Waals surface area (Å²) < 4.78 is 0. The first-order chi connectivity index (χ1) is 8.74. The van der Waals surface area contributed by atoms with Crippen molar-refractivity contribution in [2.24, 2.45) is 0 Å². The molecule has 3 heterocycles. The summed E-state index contributed by atoms with van der Waals surface area (Å²) in [5.41, 5.74) is 14.2. The molecule has 18 heavy (non-hydrogen) atoms. The van der Waals surface area contributed by atoms with Gasteiger partial charge in [-0.3, -0.25) is 0 Å². The van der Waals surface area contributed by atoms with Crippen LogP contribution in [0.15, 0.2) is 11.4 Å². The Morgan fingerprint density at radius 3 is 2.83 bits per heavy atom. The Morgan fingerprint density at radius 1 is 1.11 bits per heavy atom. The van der Waals surface area contributed by atoms with E-state index < -0.39 is 0 Å². The first-order valence-corrected chi connectivity index (χ1v) is 7.35. The maximum Gasteiger partial charge on any atom is 0.223 e. The number of fused-ring (bicyclic) bond motifs is 5. The van der Waals surface area contributed by atoms with E-state index in [1.807, 2.05) is 11.3 Å². The summed E-state index contributed by atoms with van der Waals surface area (Å²) in [4.78, 5) is 12.1. The molecule has 0 radical (unpaired) electrons. The molecule has 0 aliphatic heterocycles. The minimum Gasteiger partial charge on any atom is -0.383 e. The highest BCUT2D eigenvalue weighted by atomic mass is 32.1. The van der Waals surface area contributed by atoms with Gasteiger partial charge in [-0.05, 0) is 29.9 Å². The van der Waals surface area contributed by atoms with Gasteiger partial charge in [-0.2, -0.15) is 4.98 Å². The zero-order valence-electron chi connectivity index (χ0n) is 9.43. The van der Waals surface area contributed by atoms with Crippen molar-refractivity contribution in [3.63, 3.8) is 0 Å². The molecular weight excluding hydrogens is 264 g/mol. The third kappa shape index (κ3) is 1.24. The molecule has 4 rings (SSSR count). The molecule has 0 atom stereocenters. The summed E-state index contributed by atoms with van der Waals surface area (Å²) in [6, 6.07) is 2.17. The van der Waals surface area contributed by atoms with E-state index in [0.29, 0.717) is 5.82 Å². The minimum absolute atomic E-state index is 0.254. The molecule has 0 amide bonds. The van der Waals surface area contributed by atoms with Gasteiger partial charge < -0.3 is 11.5 Å². The Kier molecular flexibility index (Phi) is 1.96. The highest BCUT2D eigenvalue weighted by Gasteiger charge is 2.24. The molecule has 0 spiro atoms. The smallest absolute Gasteiger partial charge is 0.223 e. The molecule has 90 valence electrons. The third-order valence-electron chi connectivity index (χ3n) is 3.26. The van der Waals surface area contributed by atoms with Gasteiger partial charge in [0, 0.05) is 15.3 Å². The highest BCUT2D eigenvalue weighted by Crippen LogP contribution is 2.46. The third-order valence-corrected chi connectivity index (χ3v) is 5.39. The molecule has 1 aliphatic rings. The number of hydrogen-bond acceptors (Lipinski definition) is 6. The van der Waals surface area contributed by atoms with E-state index in [2.05, 4.69) is 21.4 Å². The number of nitrogens with zero attached hydrogens (tertiary/aromatic N) is 2. The van der Waals surface area contributed by atoms with E-state index in [1.165, 1.54) is 20.9 Å². The van der Waals surface area contributed by atoms with Crippen molar-refractivity contribution in [1.82, 2.24) is 9.97 Å². The van der Waals surface area contributed by atoms with E-state index in [1.54, 1.807) is 11.3 Å². The summed E-state index contributed by atoms with van der Waals surface area (Å²) in [6.45, 7) is 0. The molecule has 3 aromatic heterocycles. The van der Waals surface area contributed by atoms with Gasteiger partial charge in [0.05, 0.1) is 5.39 Å². The van der Waals surface area contributed by atoms with Crippen LogP contribution in [0.4, 0.5) is 11.8 Å². The van der Waals surface area contributed by atoms with Gasteiger partial charge in [0.1, 0.15) is 10.6 Å². The predicted molar refractivity (Wildman–Crippen MR) is 77.0 cm³/mol. The van der Waals surface area contributed by atoms with Crippen molar-refractivity contribution in [2.75, 3.05) is 11.5 Å². The van der Waals surface area contributed by atoms with Crippen LogP contribution in [0.5, 0.6) is 0 Å². The summed E-state index contributed by atoms with van der Waals surface area (Å²) in [5, 5.41) is 3.11. The van der Waals surface area contributed by atoms with Crippen LogP contribution < -0.4 is 11.5 Å². The number of rotatable bonds is 0. The Balaban J connectivity index is 2.16. The Hall–Kier alpha value is -1.66. The number of thiophene rings is 2. The van der Waals surface area contributed by atoms with Crippen LogP contribution in [-0.2, 0) is 12.8 Å². The van der Waals surface area contributed by atoms with Crippen molar-refractivity contribution in [3.05, 3.63) is 21.2 Å². The first kappa shape index (κ1) is 10.3. The Labute approximate surface area is 111 Å². The average molecular weight is 274 g/mol. The number of nitrogens with two attached hydrogens (primary N) is 2. The molecule has 0 bridgehead atoms. The quantitative estimate of drug-likeness (QED) is 0.660. The minimum atomic E-state index is 0.254. The van der Waals surface area contributed by atoms with Crippen molar-refractivity contribution in [3.8, 4) is 11.1 Å². The van der Waals surface area contributed by atoms with Crippen LogP contribution in [0.25, 0.3) is 21.3 Å². The molecule has 0 saturated carbocycles. The van der Waals surface area contributed by atoms with Crippen molar-refractivity contribution >= 4 is 44.7 Å². The topological polar surface area (TPSA) is 77.8 Å². The number of aromatic nitrogens is 2. The fraction of sp³-hybridized carbons (Fsp3) is 0.167. The molecule has 0 aromatic carbocycles. The zero-order chi connectivity index (χ0) is 12.3. The summed E-state index contributed by atoms with van der Waals surface area (Å²) in [7, 11) is 0. The number of aryl methyl sites for hydroxylation is 2. The van der Waals surface area contributed by atoms with Crippen LogP contribution in [-0.4, -0.2) is 9.97 Å². The summed E-state index contributed by atoms with van der Waals surface area (Å²) in [5.74, 6) is 0.748. The standard InChI is InChI=1S/C12H10N4S2/c13-10-9-8-5-3-4-17-6(5)1-2-7(8)18-11(9)16-12(14)15-10/h3-4H,1-2H2,(H4,13,14,15,16). The van der Waals surface area contributed by atoms with Gasteiger partial charge in [-0.1, -0.05) is 0 Å². The molecular formula is C12H10N4S2. The molecule has 3 aromatic rings. The second-order valence-electron chi connectivity index (χ2n) is 4.30. The lowest BCUT2D eigenvalue weighted by atomic mass is 9.95. The molecule has 1 aliphatic carbocycles. The van der Waals surface area contributed by atoms with Crippen molar-refractivity contribution in [2.45, 2.75) is 12.8 Å². The molecule has 6 heteroatoms. The molecule has 0 saturated heterocycles. The molecule has 4 N–H and O–H groups in total. The highest BCUT2D eigenvalue weighted by molar-refractivity contribution is 7.19. The van der Waals surface area contributed by atoms with E-state index in [-0.39, 0.29) is 5.95 Å². The van der Waals surface area contributed by atoms with Crippen LogP contribution >= 0.6 is 22.7 Å². The van der Waals surface area contributed by atoms with E-state index in [0.717, 1.165) is 23.1 Å². The van der Waals surface area contributed by atoms with Crippen LogP contribution in [0.3, 0.4) is 0 Å². The first-order valence-electron chi connectivity index (χ1n) is 5.65. The largest absolute Gasteiger partial charge is 0.383 e. The maximum atomic E-state index is 6.03. The van der Waals surface area contributed by atoms with Gasteiger partial charge in [0.25, 0.3) is 0 Å². The SMILES string of the molecule is Nc1nc(N)c2c3c(sc2n1)CCc1sccc1-3. The fourth-order valence-electron chi connectivity index (χ4n) is 2.53. The van der Waals surface area contributed by atoms with Gasteiger partial charge in [0.2, 0.25) is 5.95 Å². The average Bonchev–Trinajstić information content (AvgIpc) is 2.89. The van der Waals surface area contributed by atoms with Crippen LogP contribution in [0.1, 0.15) is 9.75 Å². The number of anilines is 2. The molecule has 0 unspecified atom stereocenters. The lowest BCUT2D eigenvalue weighted by Crippen LogP contribution is -2.01. The number of hydrogen-bond donors (Lipinski definition) is 2. The normalized spacial score (nSPS) is 13.6. The van der Waals surface area contributed by atoms with Crippen LogP contribution in [0.2, 0.25) is 0 Å². The van der Waals surface area contributed by atoms with Crippen molar-refractivity contribution in [1.29, 1.82) is 0 Å². The van der Waals surface area contributed by atoms with Crippen molar-refractivity contribution < 1.29 is 0 Å². The van der Waals surface area contributed by atoms with Gasteiger partial charge in [-0.15, -0.1) is 22.7 Å². The van der Waals surface area contributed by atoms with Gasteiger partial charge in [0.15, 0.2) is 0 Å². The summed E-state index contributed by atoms with van der Waals surface area (Å²) in [6.07, 6.45) is 2.17. The second-order valence-corrected chi connectivity index (χ2v) is 6.39.